The van der Waals surface area contributed by atoms with Crippen LogP contribution in [-0.2, 0) is 4.74 Å². The number of fused-ring (bicyclic) bond motifs is 1. The lowest BCUT2D eigenvalue weighted by atomic mass is 9.91. The van der Waals surface area contributed by atoms with Crippen molar-refractivity contribution < 1.29 is 13.5 Å². The van der Waals surface area contributed by atoms with E-state index in [2.05, 4.69) is 25.5 Å². The monoisotopic (exact) mass is 373 g/mol. The second-order valence-electron chi connectivity index (χ2n) is 6.77. The molecular formula is C19H21F2N5O. The van der Waals surface area contributed by atoms with E-state index in [1.807, 2.05) is 6.07 Å². The summed E-state index contributed by atoms with van der Waals surface area (Å²) in [6, 6.07) is 8.74. The fourth-order valence-corrected chi connectivity index (χ4v) is 3.45. The van der Waals surface area contributed by atoms with Crippen molar-refractivity contribution in [2.75, 3.05) is 11.9 Å². The van der Waals surface area contributed by atoms with Crippen LogP contribution in [0.4, 0.5) is 14.6 Å². The molecule has 3 aromatic rings. The minimum absolute atomic E-state index is 0.0665. The fourth-order valence-electron chi connectivity index (χ4n) is 3.45. The summed E-state index contributed by atoms with van der Waals surface area (Å²) in [4.78, 5) is 8.31. The van der Waals surface area contributed by atoms with Crippen molar-refractivity contribution in [3.63, 3.8) is 0 Å². The molecule has 0 bridgehead atoms. The summed E-state index contributed by atoms with van der Waals surface area (Å²) >= 11 is 0. The zero-order valence-corrected chi connectivity index (χ0v) is 14.7. The molecule has 6 nitrogen and oxygen atoms in total. The Balaban J connectivity index is 1.31. The Morgan fingerprint density at radius 3 is 2.89 bits per heavy atom. The molecule has 1 aliphatic carbocycles. The normalized spacial score (nSPS) is 24.0. The maximum atomic E-state index is 14.6. The highest BCUT2D eigenvalue weighted by atomic mass is 19.1. The summed E-state index contributed by atoms with van der Waals surface area (Å²) in [6.07, 6.45) is 1.64. The van der Waals surface area contributed by atoms with Crippen molar-refractivity contribution in [1.29, 1.82) is 0 Å². The molecule has 142 valence electrons. The van der Waals surface area contributed by atoms with E-state index in [1.165, 1.54) is 6.33 Å². The van der Waals surface area contributed by atoms with Gasteiger partial charge in [0.05, 0.1) is 24.3 Å². The molecule has 27 heavy (non-hydrogen) atoms. The second-order valence-corrected chi connectivity index (χ2v) is 6.77. The predicted octanol–water partition coefficient (Wildman–Crippen LogP) is 3.75. The van der Waals surface area contributed by atoms with Crippen LogP contribution in [0.2, 0.25) is 0 Å². The average Bonchev–Trinajstić information content (AvgIpc) is 3.18. The van der Waals surface area contributed by atoms with Gasteiger partial charge in [-0.15, -0.1) is 0 Å². The van der Waals surface area contributed by atoms with Gasteiger partial charge < -0.3 is 10.1 Å². The van der Waals surface area contributed by atoms with Crippen LogP contribution in [0.25, 0.3) is 11.0 Å². The number of anilines is 1. The molecule has 0 radical (unpaired) electrons. The van der Waals surface area contributed by atoms with Gasteiger partial charge in [0.25, 0.3) is 0 Å². The van der Waals surface area contributed by atoms with E-state index in [-0.39, 0.29) is 19.1 Å². The molecule has 4 rings (SSSR count). The average molecular weight is 373 g/mol. The van der Waals surface area contributed by atoms with Gasteiger partial charge in [-0.05, 0) is 18.4 Å². The molecular weight excluding hydrogens is 352 g/mol. The first-order chi connectivity index (χ1) is 13.2. The van der Waals surface area contributed by atoms with Crippen molar-refractivity contribution in [2.24, 2.45) is 0 Å². The smallest absolute Gasteiger partial charge is 0.160 e. The topological polar surface area (TPSA) is 75.7 Å². The van der Waals surface area contributed by atoms with Crippen LogP contribution in [0.1, 0.15) is 31.0 Å². The van der Waals surface area contributed by atoms with Gasteiger partial charge in [-0.1, -0.05) is 30.3 Å². The van der Waals surface area contributed by atoms with Crippen LogP contribution < -0.4 is 5.32 Å². The van der Waals surface area contributed by atoms with Crippen LogP contribution in [0, 0.1) is 0 Å². The number of rotatable bonds is 6. The van der Waals surface area contributed by atoms with Crippen LogP contribution in [0.3, 0.4) is 0 Å². The van der Waals surface area contributed by atoms with E-state index >= 15 is 0 Å². The molecule has 2 unspecified atom stereocenters. The van der Waals surface area contributed by atoms with Crippen LogP contribution >= 0.6 is 0 Å². The van der Waals surface area contributed by atoms with Gasteiger partial charge in [-0.2, -0.15) is 5.10 Å². The van der Waals surface area contributed by atoms with Gasteiger partial charge in [0, 0.05) is 12.5 Å². The van der Waals surface area contributed by atoms with Gasteiger partial charge in [0.15, 0.2) is 5.65 Å². The van der Waals surface area contributed by atoms with Crippen molar-refractivity contribution in [3.8, 4) is 0 Å². The number of aromatic amines is 1. The summed E-state index contributed by atoms with van der Waals surface area (Å²) in [6.45, 7) is -0.130. The van der Waals surface area contributed by atoms with Crippen LogP contribution in [-0.4, -0.2) is 45.1 Å². The summed E-state index contributed by atoms with van der Waals surface area (Å²) in [5, 5.41) is 10.8. The van der Waals surface area contributed by atoms with E-state index in [0.29, 0.717) is 23.4 Å². The van der Waals surface area contributed by atoms with Crippen LogP contribution in [0.5, 0.6) is 0 Å². The Labute approximate surface area is 155 Å². The number of nitrogens with zero attached hydrogens (tertiary/aromatic N) is 3. The lowest BCUT2D eigenvalue weighted by molar-refractivity contribution is -0.0455. The van der Waals surface area contributed by atoms with E-state index < -0.39 is 18.4 Å². The Morgan fingerprint density at radius 1 is 1.22 bits per heavy atom. The van der Waals surface area contributed by atoms with Crippen molar-refractivity contribution in [1.82, 2.24) is 20.2 Å². The number of hydrogen-bond acceptors (Lipinski definition) is 5. The molecule has 4 atom stereocenters. The maximum absolute atomic E-state index is 14.6. The number of alkyl halides is 2. The molecule has 1 aromatic carbocycles. The van der Waals surface area contributed by atoms with E-state index in [0.717, 1.165) is 11.8 Å². The Bertz CT molecular complexity index is 875. The molecule has 0 amide bonds. The van der Waals surface area contributed by atoms with Crippen LogP contribution in [0.15, 0.2) is 42.9 Å². The SMILES string of the molecule is FC(CO[C@H]1CC[C@H](Nc2ncnc3[nH]ncc23)CC1F)c1ccccc1. The number of benzene rings is 1. The van der Waals surface area contributed by atoms with Crippen molar-refractivity contribution in [3.05, 3.63) is 48.4 Å². The van der Waals surface area contributed by atoms with Gasteiger partial charge in [0.1, 0.15) is 24.5 Å². The molecule has 1 aliphatic rings. The zero-order valence-electron chi connectivity index (χ0n) is 14.7. The summed E-state index contributed by atoms with van der Waals surface area (Å²) in [7, 11) is 0. The Hall–Kier alpha value is -2.61. The van der Waals surface area contributed by atoms with E-state index in [1.54, 1.807) is 30.5 Å². The largest absolute Gasteiger partial charge is 0.372 e. The van der Waals surface area contributed by atoms with Gasteiger partial charge in [-0.3, -0.25) is 5.10 Å². The number of H-pyrrole nitrogens is 1. The molecule has 2 aromatic heterocycles. The van der Waals surface area contributed by atoms with E-state index in [9.17, 15) is 8.78 Å². The zero-order chi connectivity index (χ0) is 18.6. The molecule has 0 aliphatic heterocycles. The predicted molar refractivity (Wildman–Crippen MR) is 97.9 cm³/mol. The molecule has 2 heterocycles. The highest BCUT2D eigenvalue weighted by Gasteiger charge is 2.32. The van der Waals surface area contributed by atoms with Crippen molar-refractivity contribution in [2.45, 2.75) is 43.8 Å². The molecule has 0 spiro atoms. The quantitative estimate of drug-likeness (QED) is 0.688. The lowest BCUT2D eigenvalue weighted by Crippen LogP contribution is -2.39. The minimum atomic E-state index is -1.25. The first-order valence-corrected chi connectivity index (χ1v) is 9.06. The summed E-state index contributed by atoms with van der Waals surface area (Å²) < 4.78 is 34.3. The van der Waals surface area contributed by atoms with Gasteiger partial charge in [-0.25, -0.2) is 18.7 Å². The number of nitrogens with one attached hydrogen (secondary N) is 2. The van der Waals surface area contributed by atoms with Gasteiger partial charge >= 0.3 is 0 Å². The van der Waals surface area contributed by atoms with Crippen molar-refractivity contribution >= 4 is 16.9 Å². The third-order valence-corrected chi connectivity index (χ3v) is 4.92. The molecule has 0 saturated heterocycles. The van der Waals surface area contributed by atoms with Gasteiger partial charge in [0.2, 0.25) is 0 Å². The second kappa shape index (κ2) is 7.96. The maximum Gasteiger partial charge on any atom is 0.160 e. The summed E-state index contributed by atoms with van der Waals surface area (Å²) in [5.74, 6) is 0.637. The third kappa shape index (κ3) is 4.05. The molecule has 2 N–H and O–H groups in total. The lowest BCUT2D eigenvalue weighted by Gasteiger charge is -2.32. The first-order valence-electron chi connectivity index (χ1n) is 9.06. The Morgan fingerprint density at radius 2 is 2.07 bits per heavy atom. The fraction of sp³-hybridized carbons (Fsp3) is 0.421. The minimum Gasteiger partial charge on any atom is -0.372 e. The molecule has 1 fully saturated rings. The number of aromatic nitrogens is 4. The Kier molecular flexibility index (Phi) is 5.24. The third-order valence-electron chi connectivity index (χ3n) is 4.92. The van der Waals surface area contributed by atoms with E-state index in [4.69, 9.17) is 4.74 Å². The summed E-state index contributed by atoms with van der Waals surface area (Å²) in [5.41, 5.74) is 1.19. The molecule has 8 heteroatoms. The number of halogens is 2. The number of hydrogen-bond donors (Lipinski definition) is 2. The highest BCUT2D eigenvalue weighted by Crippen LogP contribution is 2.29. The standard InChI is InChI=1S/C19H21F2N5O/c20-15-8-13(25-18-14-9-24-26-19(14)23-11-22-18)6-7-17(15)27-10-16(21)12-4-2-1-3-5-12/h1-5,9,11,13,15-17H,6-8,10H2,(H2,22,23,24,25,26)/t13-,15?,16?,17-/m0/s1. The number of ether oxygens (including phenoxy) is 1. The first kappa shape index (κ1) is 17.8. The molecule has 1 saturated carbocycles. The highest BCUT2D eigenvalue weighted by molar-refractivity contribution is 5.85.